The molecule has 1 saturated heterocycles. The van der Waals surface area contributed by atoms with Gasteiger partial charge in [0, 0.05) is 30.2 Å². The Morgan fingerprint density at radius 2 is 1.81 bits per heavy atom. The van der Waals surface area contributed by atoms with Crippen molar-refractivity contribution in [2.45, 2.75) is 23.7 Å². The molecule has 0 saturated carbocycles. The topological polar surface area (TPSA) is 62.4 Å². The largest absolute Gasteiger partial charge is 0.497 e. The van der Waals surface area contributed by atoms with Gasteiger partial charge < -0.3 is 9.72 Å². The van der Waals surface area contributed by atoms with Crippen molar-refractivity contribution in [3.63, 3.8) is 0 Å². The monoisotopic (exact) mass is 370 g/mol. The average Bonchev–Trinajstić information content (AvgIpc) is 3.12. The number of nitrogens with one attached hydrogen (secondary N) is 1. The number of benzene rings is 2. The van der Waals surface area contributed by atoms with Gasteiger partial charge >= 0.3 is 0 Å². The van der Waals surface area contributed by atoms with E-state index < -0.39 is 10.0 Å². The van der Waals surface area contributed by atoms with Gasteiger partial charge in [-0.1, -0.05) is 18.2 Å². The Morgan fingerprint density at radius 1 is 1.08 bits per heavy atom. The second-order valence-electron chi connectivity index (χ2n) is 6.65. The third-order valence-electron chi connectivity index (χ3n) is 5.20. The maximum atomic E-state index is 12.8. The molecule has 4 rings (SSSR count). The normalized spacial score (nSPS) is 16.8. The summed E-state index contributed by atoms with van der Waals surface area (Å²) in [6.45, 7) is 1.08. The minimum atomic E-state index is -3.40. The Hall–Kier alpha value is -2.31. The van der Waals surface area contributed by atoms with Gasteiger partial charge in [0.25, 0.3) is 0 Å². The number of hydrogen-bond donors (Lipinski definition) is 1. The Kier molecular flexibility index (Phi) is 4.46. The minimum absolute atomic E-state index is 0.345. The zero-order chi connectivity index (χ0) is 18.1. The van der Waals surface area contributed by atoms with Crippen molar-refractivity contribution in [2.75, 3.05) is 20.2 Å². The van der Waals surface area contributed by atoms with Crippen LogP contribution >= 0.6 is 0 Å². The molecule has 3 aromatic rings. The van der Waals surface area contributed by atoms with Crippen LogP contribution in [0.25, 0.3) is 10.9 Å². The first-order chi connectivity index (χ1) is 12.6. The van der Waals surface area contributed by atoms with Crippen molar-refractivity contribution in [1.29, 1.82) is 0 Å². The maximum absolute atomic E-state index is 12.8. The fraction of sp³-hybridized carbons (Fsp3) is 0.300. The quantitative estimate of drug-likeness (QED) is 0.761. The molecule has 0 spiro atoms. The molecule has 5 nitrogen and oxygen atoms in total. The molecule has 2 heterocycles. The molecule has 0 unspecified atom stereocenters. The molecule has 0 radical (unpaired) electrons. The van der Waals surface area contributed by atoms with Gasteiger partial charge in [0.05, 0.1) is 12.0 Å². The van der Waals surface area contributed by atoms with Crippen LogP contribution in [0.5, 0.6) is 5.75 Å². The fourth-order valence-corrected chi connectivity index (χ4v) is 5.23. The molecule has 1 fully saturated rings. The SMILES string of the molecule is COc1ccc2[nH]cc(C3CCN(S(=O)(=O)c4ccccc4)CC3)c2c1. The number of piperidine rings is 1. The molecule has 1 aromatic heterocycles. The first-order valence-electron chi connectivity index (χ1n) is 8.80. The summed E-state index contributed by atoms with van der Waals surface area (Å²) in [4.78, 5) is 3.69. The Labute approximate surface area is 153 Å². The van der Waals surface area contributed by atoms with Crippen molar-refractivity contribution in [3.05, 3.63) is 60.3 Å². The number of nitrogens with zero attached hydrogens (tertiary/aromatic N) is 1. The van der Waals surface area contributed by atoms with E-state index >= 15 is 0 Å². The number of H-pyrrole nitrogens is 1. The second-order valence-corrected chi connectivity index (χ2v) is 8.58. The van der Waals surface area contributed by atoms with Crippen molar-refractivity contribution in [1.82, 2.24) is 9.29 Å². The molecule has 0 atom stereocenters. The highest BCUT2D eigenvalue weighted by molar-refractivity contribution is 7.89. The molecule has 6 heteroatoms. The number of sulfonamides is 1. The zero-order valence-corrected chi connectivity index (χ0v) is 15.5. The minimum Gasteiger partial charge on any atom is -0.497 e. The zero-order valence-electron chi connectivity index (χ0n) is 14.7. The number of fused-ring (bicyclic) bond motifs is 1. The van der Waals surface area contributed by atoms with Gasteiger partial charge in [0.1, 0.15) is 5.75 Å². The summed E-state index contributed by atoms with van der Waals surface area (Å²) in [5, 5.41) is 1.16. The molecule has 0 amide bonds. The first-order valence-corrected chi connectivity index (χ1v) is 10.2. The summed E-state index contributed by atoms with van der Waals surface area (Å²) in [7, 11) is -1.73. The van der Waals surface area contributed by atoms with E-state index in [9.17, 15) is 8.42 Å². The van der Waals surface area contributed by atoms with Crippen LogP contribution in [0.4, 0.5) is 0 Å². The predicted molar refractivity (Wildman–Crippen MR) is 102 cm³/mol. The maximum Gasteiger partial charge on any atom is 0.243 e. The molecule has 1 aliphatic heterocycles. The molecule has 0 bridgehead atoms. The van der Waals surface area contributed by atoms with Gasteiger partial charge in [-0.2, -0.15) is 4.31 Å². The van der Waals surface area contributed by atoms with Gasteiger partial charge in [-0.15, -0.1) is 0 Å². The summed E-state index contributed by atoms with van der Waals surface area (Å²) in [5.41, 5.74) is 2.33. The third-order valence-corrected chi connectivity index (χ3v) is 7.11. The van der Waals surface area contributed by atoms with Crippen molar-refractivity contribution >= 4 is 20.9 Å². The number of rotatable bonds is 4. The molecule has 26 heavy (non-hydrogen) atoms. The van der Waals surface area contributed by atoms with Gasteiger partial charge in [-0.25, -0.2) is 8.42 Å². The van der Waals surface area contributed by atoms with Gasteiger partial charge in [0.15, 0.2) is 0 Å². The Balaban J connectivity index is 1.54. The summed E-state index contributed by atoms with van der Waals surface area (Å²) in [6, 6.07) is 14.7. The van der Waals surface area contributed by atoms with Crippen molar-refractivity contribution < 1.29 is 13.2 Å². The highest BCUT2D eigenvalue weighted by Crippen LogP contribution is 2.35. The number of methoxy groups -OCH3 is 1. The van der Waals surface area contributed by atoms with Crippen LogP contribution in [0.3, 0.4) is 0 Å². The highest BCUT2D eigenvalue weighted by atomic mass is 32.2. The summed E-state index contributed by atoms with van der Waals surface area (Å²) < 4.78 is 32.5. The van der Waals surface area contributed by atoms with Crippen LogP contribution in [0.1, 0.15) is 24.3 Å². The van der Waals surface area contributed by atoms with E-state index in [4.69, 9.17) is 4.74 Å². The third kappa shape index (κ3) is 2.99. The molecular weight excluding hydrogens is 348 g/mol. The van der Waals surface area contributed by atoms with Gasteiger partial charge in [-0.05, 0) is 54.7 Å². The lowest BCUT2D eigenvalue weighted by molar-refractivity contribution is 0.320. The Bertz CT molecular complexity index is 1000. The molecule has 1 N–H and O–H groups in total. The van der Waals surface area contributed by atoms with E-state index in [0.717, 1.165) is 29.5 Å². The van der Waals surface area contributed by atoms with Crippen LogP contribution in [-0.2, 0) is 10.0 Å². The molecule has 136 valence electrons. The van der Waals surface area contributed by atoms with Gasteiger partial charge in [-0.3, -0.25) is 0 Å². The van der Waals surface area contributed by atoms with Gasteiger partial charge in [0.2, 0.25) is 10.0 Å². The van der Waals surface area contributed by atoms with E-state index in [1.165, 1.54) is 5.56 Å². The number of aromatic amines is 1. The second kappa shape index (κ2) is 6.78. The van der Waals surface area contributed by atoms with E-state index in [1.807, 2.05) is 24.3 Å². The standard InChI is InChI=1S/C20H22N2O3S/c1-25-16-7-8-20-18(13-16)19(14-21-20)15-9-11-22(12-10-15)26(23,24)17-5-3-2-4-6-17/h2-8,13-15,21H,9-12H2,1H3. The van der Waals surface area contributed by atoms with E-state index in [2.05, 4.69) is 11.2 Å². The van der Waals surface area contributed by atoms with Crippen LogP contribution < -0.4 is 4.74 Å². The molecular formula is C20H22N2O3S. The van der Waals surface area contributed by atoms with Crippen LogP contribution in [0.2, 0.25) is 0 Å². The van der Waals surface area contributed by atoms with Crippen LogP contribution in [-0.4, -0.2) is 37.9 Å². The lowest BCUT2D eigenvalue weighted by atomic mass is 9.90. The molecule has 0 aliphatic carbocycles. The summed E-state index contributed by atoms with van der Waals surface area (Å²) >= 11 is 0. The van der Waals surface area contributed by atoms with Crippen LogP contribution in [0.15, 0.2) is 59.6 Å². The van der Waals surface area contributed by atoms with Crippen LogP contribution in [0, 0.1) is 0 Å². The first kappa shape index (κ1) is 17.1. The van der Waals surface area contributed by atoms with E-state index in [-0.39, 0.29) is 0 Å². The number of hydrogen-bond acceptors (Lipinski definition) is 3. The number of aromatic nitrogens is 1. The lowest BCUT2D eigenvalue weighted by Crippen LogP contribution is -2.37. The number of ether oxygens (including phenoxy) is 1. The summed E-state index contributed by atoms with van der Waals surface area (Å²) in [5.74, 6) is 1.18. The van der Waals surface area contributed by atoms with E-state index in [0.29, 0.717) is 23.9 Å². The smallest absolute Gasteiger partial charge is 0.243 e. The highest BCUT2D eigenvalue weighted by Gasteiger charge is 2.30. The molecule has 1 aliphatic rings. The predicted octanol–water partition coefficient (Wildman–Crippen LogP) is 3.74. The Morgan fingerprint density at radius 3 is 2.50 bits per heavy atom. The van der Waals surface area contributed by atoms with Crippen molar-refractivity contribution in [2.24, 2.45) is 0 Å². The fourth-order valence-electron chi connectivity index (χ4n) is 3.73. The lowest BCUT2D eigenvalue weighted by Gasteiger charge is -2.31. The average molecular weight is 370 g/mol. The van der Waals surface area contributed by atoms with E-state index in [1.54, 1.807) is 35.7 Å². The summed E-state index contributed by atoms with van der Waals surface area (Å²) in [6.07, 6.45) is 3.68. The van der Waals surface area contributed by atoms with Crippen molar-refractivity contribution in [3.8, 4) is 5.75 Å². The molecule has 2 aromatic carbocycles.